The predicted molar refractivity (Wildman–Crippen MR) is 33.8 cm³/mol. The Labute approximate surface area is 53.3 Å². The molecule has 0 rings (SSSR count). The van der Waals surface area contributed by atoms with E-state index >= 15 is 0 Å². The van der Waals surface area contributed by atoms with Crippen molar-refractivity contribution in [3.8, 4) is 0 Å². The Morgan fingerprint density at radius 3 is 2.38 bits per heavy atom. The number of rotatable bonds is 2. The van der Waals surface area contributed by atoms with Crippen LogP contribution >= 0.6 is 12.6 Å². The monoisotopic (exact) mass is 135 g/mol. The van der Waals surface area contributed by atoms with Crippen LogP contribution in [0.5, 0.6) is 0 Å². The molecule has 0 unspecified atom stereocenters. The van der Waals surface area contributed by atoms with Crippen LogP contribution in [0.25, 0.3) is 0 Å². The molecule has 0 saturated carbocycles. The van der Waals surface area contributed by atoms with Crippen molar-refractivity contribution in [2.24, 2.45) is 5.73 Å². The summed E-state index contributed by atoms with van der Waals surface area (Å²) in [6.07, 6.45) is 0.325. The summed E-state index contributed by atoms with van der Waals surface area (Å²) in [5.74, 6) is -1.08. The minimum absolute atomic E-state index is 0.325. The highest BCUT2D eigenvalue weighted by Crippen LogP contribution is 2.09. The summed E-state index contributed by atoms with van der Waals surface area (Å²) in [6.45, 7) is 1.67. The van der Waals surface area contributed by atoms with Crippen LogP contribution in [-0.2, 0) is 4.79 Å². The van der Waals surface area contributed by atoms with E-state index in [1.54, 1.807) is 6.92 Å². The third-order valence-corrected chi connectivity index (χ3v) is 1.42. The quantitative estimate of drug-likeness (QED) is 0.371. The molecule has 0 aliphatic rings. The van der Waals surface area contributed by atoms with Crippen LogP contribution in [0, 0.1) is 0 Å². The van der Waals surface area contributed by atoms with Crippen molar-refractivity contribution < 1.29 is 9.90 Å². The van der Waals surface area contributed by atoms with E-state index in [0.29, 0.717) is 6.42 Å². The van der Waals surface area contributed by atoms with Gasteiger partial charge in [0.05, 0.1) is 0 Å². The lowest BCUT2D eigenvalue weighted by Gasteiger charge is -2.13. The fourth-order valence-corrected chi connectivity index (χ4v) is 0.151. The summed E-state index contributed by atoms with van der Waals surface area (Å²) in [6, 6.07) is 0. The van der Waals surface area contributed by atoms with E-state index in [0.717, 1.165) is 0 Å². The standard InChI is InChI=1S/C4H9NO2S/c1-2-4(5,8)3(6)7/h8H,2,5H2,1H3,(H,6,7)/t4-/m0/s1. The maximum absolute atomic E-state index is 10.1. The second-order valence-corrected chi connectivity index (χ2v) is 2.38. The van der Waals surface area contributed by atoms with Crippen molar-refractivity contribution in [2.45, 2.75) is 18.2 Å². The highest BCUT2D eigenvalue weighted by atomic mass is 32.1. The zero-order valence-electron chi connectivity index (χ0n) is 4.59. The summed E-state index contributed by atoms with van der Waals surface area (Å²) in [5.41, 5.74) is 5.12. The van der Waals surface area contributed by atoms with Crippen LogP contribution in [0.1, 0.15) is 13.3 Å². The third-order valence-electron chi connectivity index (χ3n) is 0.909. The SMILES string of the molecule is CC[C@](N)(S)C(=O)O. The Morgan fingerprint density at radius 2 is 2.38 bits per heavy atom. The van der Waals surface area contributed by atoms with Gasteiger partial charge in [-0.3, -0.25) is 0 Å². The van der Waals surface area contributed by atoms with E-state index in [4.69, 9.17) is 10.8 Å². The average Bonchev–Trinajstić information content (AvgIpc) is 1.67. The molecule has 48 valence electrons. The van der Waals surface area contributed by atoms with E-state index in [1.165, 1.54) is 0 Å². The summed E-state index contributed by atoms with van der Waals surface area (Å²) in [5, 5.41) is 8.24. The molecular weight excluding hydrogens is 126 g/mol. The highest BCUT2D eigenvalue weighted by Gasteiger charge is 2.25. The number of aliphatic carboxylic acids is 1. The van der Waals surface area contributed by atoms with E-state index in [9.17, 15) is 4.79 Å². The molecule has 0 bridgehead atoms. The molecule has 1 atom stereocenters. The lowest BCUT2D eigenvalue weighted by Crippen LogP contribution is -2.41. The van der Waals surface area contributed by atoms with Crippen LogP contribution in [0.4, 0.5) is 0 Å². The van der Waals surface area contributed by atoms with E-state index in [1.807, 2.05) is 0 Å². The molecule has 0 aliphatic carbocycles. The van der Waals surface area contributed by atoms with Crippen molar-refractivity contribution in [3.05, 3.63) is 0 Å². The van der Waals surface area contributed by atoms with Gasteiger partial charge in [0.2, 0.25) is 0 Å². The average molecular weight is 135 g/mol. The Hall–Kier alpha value is -0.220. The molecule has 0 heterocycles. The minimum Gasteiger partial charge on any atom is -0.479 e. The second kappa shape index (κ2) is 2.37. The highest BCUT2D eigenvalue weighted by molar-refractivity contribution is 7.82. The van der Waals surface area contributed by atoms with E-state index in [-0.39, 0.29) is 0 Å². The lowest BCUT2D eigenvalue weighted by molar-refractivity contribution is -0.139. The first-order valence-electron chi connectivity index (χ1n) is 2.25. The number of carboxylic acid groups (broad SMARTS) is 1. The zero-order valence-corrected chi connectivity index (χ0v) is 5.48. The van der Waals surface area contributed by atoms with Crippen molar-refractivity contribution in [1.82, 2.24) is 0 Å². The number of nitrogens with two attached hydrogens (primary N) is 1. The molecule has 0 spiro atoms. The first kappa shape index (κ1) is 7.78. The molecule has 0 aliphatic heterocycles. The first-order valence-corrected chi connectivity index (χ1v) is 2.70. The van der Waals surface area contributed by atoms with Crippen molar-refractivity contribution in [2.75, 3.05) is 0 Å². The second-order valence-electron chi connectivity index (χ2n) is 1.58. The summed E-state index contributed by atoms with van der Waals surface area (Å²) < 4.78 is 0. The molecule has 0 fully saturated rings. The maximum Gasteiger partial charge on any atom is 0.333 e. The first-order chi connectivity index (χ1) is 3.50. The predicted octanol–water partition coefficient (Wildman–Crippen LogP) is 0.0658. The number of thiol groups is 1. The van der Waals surface area contributed by atoms with Crippen LogP contribution in [0.15, 0.2) is 0 Å². The summed E-state index contributed by atoms with van der Waals surface area (Å²) in [4.78, 5) is 8.70. The van der Waals surface area contributed by atoms with Gasteiger partial charge in [0.25, 0.3) is 0 Å². The molecule has 0 aromatic heterocycles. The van der Waals surface area contributed by atoms with Gasteiger partial charge in [-0.1, -0.05) is 6.92 Å². The summed E-state index contributed by atoms with van der Waals surface area (Å²) in [7, 11) is 0. The van der Waals surface area contributed by atoms with Gasteiger partial charge >= 0.3 is 5.97 Å². The third kappa shape index (κ3) is 1.71. The smallest absolute Gasteiger partial charge is 0.333 e. The molecule has 0 amide bonds. The van der Waals surface area contributed by atoms with Crippen molar-refractivity contribution in [3.63, 3.8) is 0 Å². The molecule has 3 nitrogen and oxygen atoms in total. The lowest BCUT2D eigenvalue weighted by atomic mass is 10.2. The molecule has 3 N–H and O–H groups in total. The largest absolute Gasteiger partial charge is 0.479 e. The van der Waals surface area contributed by atoms with E-state index < -0.39 is 10.8 Å². The molecule has 0 aromatic carbocycles. The number of hydrogen-bond donors (Lipinski definition) is 3. The fourth-order valence-electron chi connectivity index (χ4n) is 0.151. The molecular formula is C4H9NO2S. The normalized spacial score (nSPS) is 17.4. The van der Waals surface area contributed by atoms with E-state index in [2.05, 4.69) is 12.6 Å². The maximum atomic E-state index is 10.1. The molecule has 0 saturated heterocycles. The topological polar surface area (TPSA) is 63.3 Å². The van der Waals surface area contributed by atoms with Crippen LogP contribution in [0.3, 0.4) is 0 Å². The van der Waals surface area contributed by atoms with Gasteiger partial charge in [0.15, 0.2) is 4.87 Å². The zero-order chi connectivity index (χ0) is 6.78. The van der Waals surface area contributed by atoms with Gasteiger partial charge in [0.1, 0.15) is 0 Å². The van der Waals surface area contributed by atoms with Gasteiger partial charge in [0, 0.05) is 0 Å². The van der Waals surface area contributed by atoms with Crippen molar-refractivity contribution >= 4 is 18.6 Å². The Morgan fingerprint density at radius 1 is 2.00 bits per heavy atom. The summed E-state index contributed by atoms with van der Waals surface area (Å²) >= 11 is 3.66. The van der Waals surface area contributed by atoms with Crippen molar-refractivity contribution in [1.29, 1.82) is 0 Å². The Balaban J connectivity index is 3.91. The van der Waals surface area contributed by atoms with Gasteiger partial charge < -0.3 is 10.8 Å². The molecule has 8 heavy (non-hydrogen) atoms. The van der Waals surface area contributed by atoms with Gasteiger partial charge in [-0.2, -0.15) is 0 Å². The molecule has 0 radical (unpaired) electrons. The fraction of sp³-hybridized carbons (Fsp3) is 0.750. The Bertz CT molecular complexity index is 102. The van der Waals surface area contributed by atoms with Gasteiger partial charge in [-0.15, -0.1) is 12.6 Å². The molecule has 4 heteroatoms. The van der Waals surface area contributed by atoms with Crippen LogP contribution < -0.4 is 5.73 Å². The van der Waals surface area contributed by atoms with Gasteiger partial charge in [-0.25, -0.2) is 4.79 Å². The van der Waals surface area contributed by atoms with Crippen LogP contribution in [0.2, 0.25) is 0 Å². The minimum atomic E-state index is -1.35. The van der Waals surface area contributed by atoms with Gasteiger partial charge in [-0.05, 0) is 6.42 Å². The van der Waals surface area contributed by atoms with Crippen LogP contribution in [-0.4, -0.2) is 15.9 Å². The number of carboxylic acids is 1. The number of carbonyl (C=O) groups is 1. The number of hydrogen-bond acceptors (Lipinski definition) is 3. The molecule has 0 aromatic rings. The Kier molecular flexibility index (Phi) is 2.30.